The molecule has 1 aliphatic rings. The first kappa shape index (κ1) is 21.2. The number of carbonyl (C=O) groups is 2. The summed E-state index contributed by atoms with van der Waals surface area (Å²) >= 11 is 11.9. The Morgan fingerprint density at radius 1 is 1.07 bits per heavy atom. The molecular formula is C22H20Cl2N2O3. The molecule has 0 bridgehead atoms. The highest BCUT2D eigenvalue weighted by Gasteiger charge is 2.42. The van der Waals surface area contributed by atoms with Crippen molar-refractivity contribution in [3.05, 3.63) is 69.7 Å². The number of amides is 1. The summed E-state index contributed by atoms with van der Waals surface area (Å²) in [4.78, 5) is 26.9. The molecule has 150 valence electrons. The van der Waals surface area contributed by atoms with Crippen LogP contribution in [0.4, 0.5) is 0 Å². The third kappa shape index (κ3) is 5.50. The van der Waals surface area contributed by atoms with E-state index < -0.39 is 18.0 Å². The van der Waals surface area contributed by atoms with Gasteiger partial charge < -0.3 is 9.64 Å². The lowest BCUT2D eigenvalue weighted by molar-refractivity contribution is -0.142. The van der Waals surface area contributed by atoms with E-state index in [0.717, 1.165) is 11.1 Å². The molecule has 1 amide bonds. The van der Waals surface area contributed by atoms with Crippen molar-refractivity contribution in [2.24, 2.45) is 5.92 Å². The largest absolute Gasteiger partial charge is 0.457 e. The summed E-state index contributed by atoms with van der Waals surface area (Å²) in [6.45, 7) is 0.751. The van der Waals surface area contributed by atoms with Crippen molar-refractivity contribution in [3.63, 3.8) is 0 Å². The minimum atomic E-state index is -0.646. The highest BCUT2D eigenvalue weighted by Crippen LogP contribution is 2.37. The van der Waals surface area contributed by atoms with Gasteiger partial charge in [-0.25, -0.2) is 0 Å². The first-order chi connectivity index (χ1) is 14.0. The maximum Gasteiger partial charge on any atom is 0.307 e. The molecule has 0 aliphatic carbocycles. The SMILES string of the molecule is N#CCCN(CCc1ccc(Cl)cc1)C(=O)[C@H]1CC(=O)O[C@@H]1c1ccc(Cl)cc1. The molecule has 2 aromatic carbocycles. The number of halogens is 2. The normalized spacial score (nSPS) is 18.2. The summed E-state index contributed by atoms with van der Waals surface area (Å²) in [6.07, 6.45) is 0.226. The van der Waals surface area contributed by atoms with Crippen LogP contribution >= 0.6 is 23.2 Å². The smallest absolute Gasteiger partial charge is 0.307 e. The Kier molecular flexibility index (Phi) is 7.13. The first-order valence-corrected chi connectivity index (χ1v) is 10.1. The van der Waals surface area contributed by atoms with E-state index in [4.69, 9.17) is 33.2 Å². The number of hydrogen-bond acceptors (Lipinski definition) is 4. The number of benzene rings is 2. The van der Waals surface area contributed by atoms with Crippen LogP contribution < -0.4 is 0 Å². The minimum absolute atomic E-state index is 0.0239. The lowest BCUT2D eigenvalue weighted by Crippen LogP contribution is -2.39. The van der Waals surface area contributed by atoms with Gasteiger partial charge in [0.15, 0.2) is 0 Å². The van der Waals surface area contributed by atoms with Gasteiger partial charge in [-0.05, 0) is 41.8 Å². The third-order valence-electron chi connectivity index (χ3n) is 4.92. The van der Waals surface area contributed by atoms with Crippen LogP contribution in [0.3, 0.4) is 0 Å². The van der Waals surface area contributed by atoms with E-state index >= 15 is 0 Å². The topological polar surface area (TPSA) is 70.4 Å². The lowest BCUT2D eigenvalue weighted by atomic mass is 9.93. The highest BCUT2D eigenvalue weighted by atomic mass is 35.5. The molecule has 5 nitrogen and oxygen atoms in total. The molecule has 0 N–H and O–H groups in total. The van der Waals surface area contributed by atoms with Crippen molar-refractivity contribution in [1.82, 2.24) is 4.90 Å². The molecule has 0 aromatic heterocycles. The number of carbonyl (C=O) groups excluding carboxylic acids is 2. The maximum absolute atomic E-state index is 13.3. The zero-order valence-corrected chi connectivity index (χ0v) is 17.2. The van der Waals surface area contributed by atoms with E-state index in [0.29, 0.717) is 29.6 Å². The van der Waals surface area contributed by atoms with Gasteiger partial charge in [-0.1, -0.05) is 47.5 Å². The number of rotatable bonds is 7. The number of nitriles is 1. The molecule has 1 fully saturated rings. The van der Waals surface area contributed by atoms with Gasteiger partial charge in [-0.2, -0.15) is 5.26 Å². The zero-order valence-electron chi connectivity index (χ0n) is 15.7. The van der Waals surface area contributed by atoms with Crippen LogP contribution in [0.15, 0.2) is 48.5 Å². The third-order valence-corrected chi connectivity index (χ3v) is 5.42. The molecule has 7 heteroatoms. The Balaban J connectivity index is 1.75. The van der Waals surface area contributed by atoms with Gasteiger partial charge in [0.2, 0.25) is 5.91 Å². The van der Waals surface area contributed by atoms with Crippen LogP contribution in [0.25, 0.3) is 0 Å². The van der Waals surface area contributed by atoms with E-state index in [1.807, 2.05) is 12.1 Å². The minimum Gasteiger partial charge on any atom is -0.457 e. The quantitative estimate of drug-likeness (QED) is 0.602. The number of nitrogens with zero attached hydrogens (tertiary/aromatic N) is 2. The number of esters is 1. The van der Waals surface area contributed by atoms with Gasteiger partial charge >= 0.3 is 5.97 Å². The van der Waals surface area contributed by atoms with Gasteiger partial charge in [-0.15, -0.1) is 0 Å². The van der Waals surface area contributed by atoms with Gasteiger partial charge in [-0.3, -0.25) is 9.59 Å². The van der Waals surface area contributed by atoms with Crippen molar-refractivity contribution in [3.8, 4) is 6.07 Å². The van der Waals surface area contributed by atoms with E-state index in [1.165, 1.54) is 0 Å². The summed E-state index contributed by atoms with van der Waals surface area (Å²) in [5.41, 5.74) is 1.77. The number of ether oxygens (including phenoxy) is 1. The van der Waals surface area contributed by atoms with Crippen LogP contribution in [0.2, 0.25) is 10.0 Å². The standard InChI is InChI=1S/C22H20Cl2N2O3/c23-17-6-2-15(3-7-17)10-13-26(12-1-11-25)22(28)19-14-20(27)29-21(19)16-4-8-18(24)9-5-16/h2-9,19,21H,1,10,12-14H2/t19-,21+/m0/s1. The van der Waals surface area contributed by atoms with Crippen molar-refractivity contribution < 1.29 is 14.3 Å². The molecule has 2 atom stereocenters. The van der Waals surface area contributed by atoms with Gasteiger partial charge in [0, 0.05) is 23.1 Å². The molecule has 2 aromatic rings. The predicted octanol–water partition coefficient (Wildman–Crippen LogP) is 4.58. The second kappa shape index (κ2) is 9.78. The van der Waals surface area contributed by atoms with Crippen LogP contribution in [0.5, 0.6) is 0 Å². The fraction of sp³-hybridized carbons (Fsp3) is 0.318. The Hall–Kier alpha value is -2.55. The molecule has 0 saturated carbocycles. The zero-order chi connectivity index (χ0) is 20.8. The monoisotopic (exact) mass is 430 g/mol. The average molecular weight is 431 g/mol. The first-order valence-electron chi connectivity index (χ1n) is 9.33. The number of cyclic esters (lactones) is 1. The van der Waals surface area contributed by atoms with E-state index in [1.54, 1.807) is 41.3 Å². The van der Waals surface area contributed by atoms with Crippen LogP contribution in [-0.4, -0.2) is 29.9 Å². The Labute approximate surface area is 179 Å². The Morgan fingerprint density at radius 2 is 1.69 bits per heavy atom. The fourth-order valence-electron chi connectivity index (χ4n) is 3.39. The summed E-state index contributed by atoms with van der Waals surface area (Å²) in [7, 11) is 0. The molecule has 0 radical (unpaired) electrons. The molecular weight excluding hydrogens is 411 g/mol. The van der Waals surface area contributed by atoms with Crippen molar-refractivity contribution in [1.29, 1.82) is 5.26 Å². The molecule has 3 rings (SSSR count). The predicted molar refractivity (Wildman–Crippen MR) is 110 cm³/mol. The molecule has 29 heavy (non-hydrogen) atoms. The second-order valence-electron chi connectivity index (χ2n) is 6.88. The summed E-state index contributed by atoms with van der Waals surface area (Å²) in [6, 6.07) is 16.5. The average Bonchev–Trinajstić information content (AvgIpc) is 3.11. The van der Waals surface area contributed by atoms with Crippen LogP contribution in [0, 0.1) is 17.2 Å². The van der Waals surface area contributed by atoms with Gasteiger partial charge in [0.05, 0.1) is 24.8 Å². The highest BCUT2D eigenvalue weighted by molar-refractivity contribution is 6.30. The van der Waals surface area contributed by atoms with E-state index in [2.05, 4.69) is 6.07 Å². The van der Waals surface area contributed by atoms with Crippen molar-refractivity contribution in [2.75, 3.05) is 13.1 Å². The van der Waals surface area contributed by atoms with Gasteiger partial charge in [0.1, 0.15) is 6.10 Å². The second-order valence-corrected chi connectivity index (χ2v) is 7.76. The van der Waals surface area contributed by atoms with Gasteiger partial charge in [0.25, 0.3) is 0 Å². The Bertz CT molecular complexity index is 907. The number of hydrogen-bond donors (Lipinski definition) is 0. The molecule has 0 spiro atoms. The van der Waals surface area contributed by atoms with E-state index in [-0.39, 0.29) is 18.7 Å². The molecule has 1 saturated heterocycles. The van der Waals surface area contributed by atoms with Crippen LogP contribution in [-0.2, 0) is 20.7 Å². The van der Waals surface area contributed by atoms with Crippen molar-refractivity contribution in [2.45, 2.75) is 25.4 Å². The molecule has 1 heterocycles. The molecule has 0 unspecified atom stereocenters. The summed E-state index contributed by atoms with van der Waals surface area (Å²) in [5, 5.41) is 10.2. The summed E-state index contributed by atoms with van der Waals surface area (Å²) in [5.74, 6) is -1.20. The molecule has 1 aliphatic heterocycles. The lowest BCUT2D eigenvalue weighted by Gasteiger charge is -2.27. The Morgan fingerprint density at radius 3 is 2.31 bits per heavy atom. The van der Waals surface area contributed by atoms with Crippen LogP contribution in [0.1, 0.15) is 30.1 Å². The maximum atomic E-state index is 13.3. The fourth-order valence-corrected chi connectivity index (χ4v) is 3.65. The summed E-state index contributed by atoms with van der Waals surface area (Å²) < 4.78 is 5.44. The van der Waals surface area contributed by atoms with E-state index in [9.17, 15) is 9.59 Å². The van der Waals surface area contributed by atoms with Crippen molar-refractivity contribution >= 4 is 35.1 Å².